The third kappa shape index (κ3) is 8.08. The Hall–Kier alpha value is -0.464. The van der Waals surface area contributed by atoms with E-state index in [0.717, 1.165) is 0 Å². The van der Waals surface area contributed by atoms with E-state index in [9.17, 15) is 33.0 Å². The van der Waals surface area contributed by atoms with Gasteiger partial charge in [-0.3, -0.25) is 9.48 Å². The third-order valence-electron chi connectivity index (χ3n) is 2.96. The number of rotatable bonds is 7. The van der Waals surface area contributed by atoms with Crippen LogP contribution in [0.5, 0.6) is 0 Å². The van der Waals surface area contributed by atoms with Crippen molar-refractivity contribution in [1.82, 2.24) is 15.1 Å². The average Bonchev–Trinajstić information content (AvgIpc) is 2.75. The van der Waals surface area contributed by atoms with Gasteiger partial charge in [0, 0.05) is 26.1 Å². The smallest absolute Gasteiger partial charge is 0.548 e. The largest absolute Gasteiger partial charge is 1.00 e. The zero-order chi connectivity index (χ0) is 17.8. The standard InChI is InChI=1S/C13H18F3N3O4.K/c1-7(20)5-10(12(22)23)17-11(21)8-6-19(2)18-9(8)3-4-13(14,15)16;/h6-7,10,20H,3-5H2,1-2H3,(H,17,21)(H,22,23);/q;+1/p-1. The topological polar surface area (TPSA) is 107 Å². The van der Waals surface area contributed by atoms with E-state index < -0.39 is 43.0 Å². The molecule has 0 radical (unpaired) electrons. The Morgan fingerprint density at radius 2 is 2.04 bits per heavy atom. The number of halogens is 3. The van der Waals surface area contributed by atoms with Gasteiger partial charge >= 0.3 is 57.6 Å². The van der Waals surface area contributed by atoms with E-state index in [1.165, 1.54) is 24.9 Å². The molecule has 1 heterocycles. The summed E-state index contributed by atoms with van der Waals surface area (Å²) in [6, 6.07) is -1.46. The van der Waals surface area contributed by atoms with Crippen LogP contribution in [0.4, 0.5) is 13.2 Å². The second kappa shape index (κ2) is 9.87. The van der Waals surface area contributed by atoms with E-state index in [2.05, 4.69) is 10.4 Å². The fraction of sp³-hybridized carbons (Fsp3) is 0.615. The number of carboxylic acid groups (broad SMARTS) is 1. The number of aliphatic hydroxyl groups excluding tert-OH is 1. The molecule has 0 spiro atoms. The number of hydrogen-bond donors (Lipinski definition) is 2. The van der Waals surface area contributed by atoms with Gasteiger partial charge in [0.25, 0.3) is 5.91 Å². The Balaban J connectivity index is 0.00000529. The maximum Gasteiger partial charge on any atom is 1.00 e. The van der Waals surface area contributed by atoms with Gasteiger partial charge in [-0.15, -0.1) is 0 Å². The number of carboxylic acids is 1. The number of nitrogens with zero attached hydrogens (tertiary/aromatic N) is 2. The molecule has 1 aromatic heterocycles. The zero-order valence-electron chi connectivity index (χ0n) is 13.6. The van der Waals surface area contributed by atoms with Crippen molar-refractivity contribution in [2.45, 2.75) is 44.5 Å². The van der Waals surface area contributed by atoms with Crippen LogP contribution >= 0.6 is 0 Å². The van der Waals surface area contributed by atoms with Crippen LogP contribution < -0.4 is 61.8 Å². The number of carbonyl (C=O) groups is 2. The Morgan fingerprint density at radius 3 is 2.50 bits per heavy atom. The summed E-state index contributed by atoms with van der Waals surface area (Å²) < 4.78 is 38.0. The number of nitrogens with one attached hydrogen (secondary N) is 1. The number of hydrogen-bond acceptors (Lipinski definition) is 5. The number of aliphatic hydroxyl groups is 1. The first-order chi connectivity index (χ1) is 10.5. The number of aromatic nitrogens is 2. The number of aliphatic carboxylic acids is 1. The van der Waals surface area contributed by atoms with Gasteiger partial charge in [-0.2, -0.15) is 18.3 Å². The summed E-state index contributed by atoms with van der Waals surface area (Å²) in [5.74, 6) is -2.48. The van der Waals surface area contributed by atoms with Crippen LogP contribution in [0, 0.1) is 0 Å². The van der Waals surface area contributed by atoms with Crippen molar-refractivity contribution in [3.63, 3.8) is 0 Å². The molecule has 1 aromatic rings. The molecule has 2 unspecified atom stereocenters. The Bertz CT molecular complexity index is 575. The van der Waals surface area contributed by atoms with Crippen molar-refractivity contribution in [3.8, 4) is 0 Å². The van der Waals surface area contributed by atoms with E-state index in [4.69, 9.17) is 0 Å². The van der Waals surface area contributed by atoms with Gasteiger partial charge in [0.05, 0.1) is 29.4 Å². The first-order valence-electron chi connectivity index (χ1n) is 6.78. The molecule has 0 aliphatic heterocycles. The van der Waals surface area contributed by atoms with Crippen molar-refractivity contribution < 1.29 is 84.4 Å². The van der Waals surface area contributed by atoms with Crippen molar-refractivity contribution >= 4 is 11.9 Å². The predicted octanol–water partition coefficient (Wildman–Crippen LogP) is -3.46. The second-order valence-corrected chi connectivity index (χ2v) is 5.21. The minimum atomic E-state index is -4.40. The van der Waals surface area contributed by atoms with E-state index in [1.54, 1.807) is 0 Å². The van der Waals surface area contributed by atoms with Crippen molar-refractivity contribution in [3.05, 3.63) is 17.5 Å². The summed E-state index contributed by atoms with van der Waals surface area (Å²) in [6.07, 6.45) is -6.13. The molecular weight excluding hydrogens is 358 g/mol. The number of aryl methyl sites for hydroxylation is 2. The number of alkyl halides is 3. The molecule has 130 valence electrons. The van der Waals surface area contributed by atoms with E-state index in [-0.39, 0.29) is 69.1 Å². The maximum absolute atomic E-state index is 12.3. The Morgan fingerprint density at radius 1 is 1.46 bits per heavy atom. The van der Waals surface area contributed by atoms with Gasteiger partial charge in [0.2, 0.25) is 0 Å². The molecule has 0 saturated carbocycles. The van der Waals surface area contributed by atoms with Gasteiger partial charge in [0.1, 0.15) is 0 Å². The quantitative estimate of drug-likeness (QED) is 0.482. The van der Waals surface area contributed by atoms with Gasteiger partial charge < -0.3 is 20.3 Å². The van der Waals surface area contributed by atoms with Crippen LogP contribution in [0.1, 0.15) is 35.8 Å². The summed E-state index contributed by atoms with van der Waals surface area (Å²) in [5.41, 5.74) is -0.231. The minimum absolute atomic E-state index is 0. The Labute approximate surface area is 179 Å². The summed E-state index contributed by atoms with van der Waals surface area (Å²) in [7, 11) is 1.43. The minimum Gasteiger partial charge on any atom is -0.548 e. The molecule has 7 nitrogen and oxygen atoms in total. The van der Waals surface area contributed by atoms with Gasteiger partial charge in [-0.05, 0) is 13.3 Å². The average molecular weight is 375 g/mol. The van der Waals surface area contributed by atoms with Crippen LogP contribution in [-0.4, -0.2) is 45.1 Å². The summed E-state index contributed by atoms with van der Waals surface area (Å²) in [5, 5.41) is 26.1. The zero-order valence-corrected chi connectivity index (χ0v) is 16.7. The van der Waals surface area contributed by atoms with Crippen molar-refractivity contribution in [2.24, 2.45) is 7.05 Å². The van der Waals surface area contributed by atoms with Crippen LogP contribution in [-0.2, 0) is 18.3 Å². The fourth-order valence-electron chi connectivity index (χ4n) is 1.96. The fourth-order valence-corrected chi connectivity index (χ4v) is 1.96. The molecular formula is C13H17F3KN3O4. The van der Waals surface area contributed by atoms with Gasteiger partial charge in [-0.25, -0.2) is 0 Å². The number of carbonyl (C=O) groups excluding carboxylic acids is 2. The third-order valence-corrected chi connectivity index (χ3v) is 2.96. The summed E-state index contributed by atoms with van der Waals surface area (Å²) in [4.78, 5) is 23.0. The molecule has 0 fully saturated rings. The molecule has 0 bridgehead atoms. The van der Waals surface area contributed by atoms with Crippen LogP contribution in [0.2, 0.25) is 0 Å². The van der Waals surface area contributed by atoms with E-state index in [1.807, 2.05) is 0 Å². The molecule has 0 saturated heterocycles. The molecule has 2 atom stereocenters. The molecule has 2 N–H and O–H groups in total. The normalized spacial score (nSPS) is 13.8. The van der Waals surface area contributed by atoms with Crippen LogP contribution in [0.25, 0.3) is 0 Å². The first kappa shape index (κ1) is 23.5. The molecule has 1 rings (SSSR count). The maximum atomic E-state index is 12.3. The monoisotopic (exact) mass is 375 g/mol. The molecule has 0 aliphatic carbocycles. The molecule has 0 aliphatic rings. The molecule has 0 aromatic carbocycles. The molecule has 24 heavy (non-hydrogen) atoms. The van der Waals surface area contributed by atoms with Crippen molar-refractivity contribution in [1.29, 1.82) is 0 Å². The van der Waals surface area contributed by atoms with Gasteiger partial charge in [0.15, 0.2) is 0 Å². The molecule has 11 heteroatoms. The van der Waals surface area contributed by atoms with Gasteiger partial charge in [-0.1, -0.05) is 0 Å². The predicted molar refractivity (Wildman–Crippen MR) is 70.1 cm³/mol. The summed E-state index contributed by atoms with van der Waals surface area (Å²) >= 11 is 0. The summed E-state index contributed by atoms with van der Waals surface area (Å²) in [6.45, 7) is 1.33. The van der Waals surface area contributed by atoms with Crippen LogP contribution in [0.15, 0.2) is 6.20 Å². The van der Waals surface area contributed by atoms with E-state index >= 15 is 0 Å². The molecule has 1 amide bonds. The van der Waals surface area contributed by atoms with E-state index in [0.29, 0.717) is 0 Å². The Kier molecular flexibility index (Phi) is 9.68. The van der Waals surface area contributed by atoms with Crippen LogP contribution in [0.3, 0.4) is 0 Å². The van der Waals surface area contributed by atoms with Crippen molar-refractivity contribution in [2.75, 3.05) is 0 Å². The first-order valence-corrected chi connectivity index (χ1v) is 6.78. The number of amides is 1. The second-order valence-electron chi connectivity index (χ2n) is 5.21. The SMILES string of the molecule is CC(O)CC(NC(=O)c1cn(C)nc1CCC(F)(F)F)C(=O)[O-].[K+].